The van der Waals surface area contributed by atoms with Gasteiger partial charge in [0.15, 0.2) is 5.96 Å². The molecule has 1 atom stereocenters. The number of anilines is 1. The highest BCUT2D eigenvalue weighted by Crippen LogP contribution is 2.26. The van der Waals surface area contributed by atoms with Gasteiger partial charge in [-0.2, -0.15) is 0 Å². The molecule has 0 saturated carbocycles. The molecule has 1 fully saturated rings. The Hall–Kier alpha value is -2.05. The molecule has 3 rings (SSSR count). The zero-order valence-electron chi connectivity index (χ0n) is 17.7. The normalized spacial score (nSPS) is 17.2. The minimum Gasteiger partial charge on any atom is -0.406 e. The van der Waals surface area contributed by atoms with E-state index in [2.05, 4.69) is 39.4 Å². The summed E-state index contributed by atoms with van der Waals surface area (Å²) in [5.41, 5.74) is 7.47. The van der Waals surface area contributed by atoms with Gasteiger partial charge in [-0.15, -0.1) is 37.1 Å². The van der Waals surface area contributed by atoms with Crippen molar-refractivity contribution in [3.05, 3.63) is 60.2 Å². The first-order valence-electron chi connectivity index (χ1n) is 10.1. The van der Waals surface area contributed by atoms with Crippen molar-refractivity contribution in [2.24, 2.45) is 10.7 Å². The van der Waals surface area contributed by atoms with E-state index in [0.29, 0.717) is 25.4 Å². The number of benzene rings is 2. The number of ether oxygens (including phenoxy) is 2. The van der Waals surface area contributed by atoms with Gasteiger partial charge in [0.05, 0.1) is 6.54 Å². The lowest BCUT2D eigenvalue weighted by molar-refractivity contribution is -0.274. The lowest BCUT2D eigenvalue weighted by Gasteiger charge is -2.39. The molecule has 0 bridgehead atoms. The Morgan fingerprint density at radius 2 is 1.75 bits per heavy atom. The van der Waals surface area contributed by atoms with Gasteiger partial charge in [0, 0.05) is 30.5 Å². The van der Waals surface area contributed by atoms with Crippen LogP contribution in [-0.4, -0.2) is 37.6 Å². The average molecular weight is 564 g/mol. The van der Waals surface area contributed by atoms with Crippen molar-refractivity contribution in [3.8, 4) is 5.75 Å². The molecule has 0 radical (unpaired) electrons. The molecule has 2 aromatic carbocycles. The molecule has 1 saturated heterocycles. The molecule has 2 aromatic rings. The number of nitrogens with one attached hydrogen (secondary N) is 2. The lowest BCUT2D eigenvalue weighted by Crippen LogP contribution is -2.53. The van der Waals surface area contributed by atoms with E-state index >= 15 is 0 Å². The molecule has 1 unspecified atom stereocenters. The number of nitrogens with zero attached hydrogens (tertiary/aromatic N) is 1. The van der Waals surface area contributed by atoms with E-state index in [1.165, 1.54) is 29.8 Å². The van der Waals surface area contributed by atoms with Crippen molar-refractivity contribution in [2.75, 3.05) is 25.1 Å². The van der Waals surface area contributed by atoms with E-state index in [1.807, 2.05) is 18.2 Å². The van der Waals surface area contributed by atoms with Crippen molar-refractivity contribution >= 4 is 35.6 Å². The maximum atomic E-state index is 12.3. The summed E-state index contributed by atoms with van der Waals surface area (Å²) in [6, 6.07) is 15.6. The largest absolute Gasteiger partial charge is 0.573 e. The number of guanidine groups is 1. The third kappa shape index (κ3) is 8.14. The van der Waals surface area contributed by atoms with Crippen LogP contribution in [0.15, 0.2) is 59.6 Å². The summed E-state index contributed by atoms with van der Waals surface area (Å²) < 4.78 is 46.2. The quantitative estimate of drug-likeness (QED) is 0.255. The van der Waals surface area contributed by atoms with E-state index in [9.17, 15) is 13.2 Å². The average Bonchev–Trinajstić information content (AvgIpc) is 2.74. The molecular formula is C22H28F3IN4O2. The SMILES string of the molecule is CC(NC1(CN=C(N)Nc2ccc(OC(F)(F)F)cc2)CCOCC1)c1ccccc1.I. The summed E-state index contributed by atoms with van der Waals surface area (Å²) in [5, 5.41) is 6.61. The molecule has 0 spiro atoms. The first-order chi connectivity index (χ1) is 14.7. The van der Waals surface area contributed by atoms with Crippen molar-refractivity contribution in [3.63, 3.8) is 0 Å². The smallest absolute Gasteiger partial charge is 0.406 e. The number of rotatable bonds is 7. The van der Waals surface area contributed by atoms with Crippen LogP contribution in [0.2, 0.25) is 0 Å². The lowest BCUT2D eigenvalue weighted by atomic mass is 9.88. The van der Waals surface area contributed by atoms with E-state index in [1.54, 1.807) is 0 Å². The number of alkyl halides is 3. The van der Waals surface area contributed by atoms with E-state index < -0.39 is 6.36 Å². The highest BCUT2D eigenvalue weighted by Gasteiger charge is 2.34. The van der Waals surface area contributed by atoms with Gasteiger partial charge in [-0.3, -0.25) is 4.99 Å². The number of nitrogens with two attached hydrogens (primary N) is 1. The second-order valence-corrected chi connectivity index (χ2v) is 7.57. The van der Waals surface area contributed by atoms with Gasteiger partial charge in [-0.05, 0) is 49.6 Å². The molecule has 176 valence electrons. The molecule has 0 aliphatic carbocycles. The van der Waals surface area contributed by atoms with Gasteiger partial charge in [-0.1, -0.05) is 30.3 Å². The monoisotopic (exact) mass is 564 g/mol. The summed E-state index contributed by atoms with van der Waals surface area (Å²) in [6.45, 7) is 3.83. The zero-order chi connectivity index (χ0) is 22.3. The third-order valence-electron chi connectivity index (χ3n) is 5.18. The van der Waals surface area contributed by atoms with Crippen molar-refractivity contribution in [1.82, 2.24) is 5.32 Å². The molecule has 1 aliphatic heterocycles. The number of hydrogen-bond acceptors (Lipinski definition) is 4. The van der Waals surface area contributed by atoms with Crippen LogP contribution in [-0.2, 0) is 4.74 Å². The predicted molar refractivity (Wildman–Crippen MR) is 129 cm³/mol. The molecule has 1 heterocycles. The highest BCUT2D eigenvalue weighted by molar-refractivity contribution is 14.0. The summed E-state index contributed by atoms with van der Waals surface area (Å²) >= 11 is 0. The fourth-order valence-electron chi connectivity index (χ4n) is 3.56. The first-order valence-corrected chi connectivity index (χ1v) is 10.1. The molecule has 0 amide bonds. The van der Waals surface area contributed by atoms with Crippen molar-refractivity contribution in [2.45, 2.75) is 37.7 Å². The molecule has 32 heavy (non-hydrogen) atoms. The Morgan fingerprint density at radius 3 is 2.34 bits per heavy atom. The Bertz CT molecular complexity index is 858. The summed E-state index contributed by atoms with van der Waals surface area (Å²) in [5.74, 6) is -0.113. The maximum Gasteiger partial charge on any atom is 0.573 e. The van der Waals surface area contributed by atoms with E-state index in [4.69, 9.17) is 10.5 Å². The Balaban J connectivity index is 0.00000363. The van der Waals surface area contributed by atoms with Crippen LogP contribution >= 0.6 is 24.0 Å². The number of halogens is 4. The number of aliphatic imine (C=N–C) groups is 1. The van der Waals surface area contributed by atoms with Gasteiger partial charge in [0.1, 0.15) is 5.75 Å². The van der Waals surface area contributed by atoms with Gasteiger partial charge in [0.25, 0.3) is 0 Å². The Kier molecular flexibility index (Phi) is 9.59. The predicted octanol–water partition coefficient (Wildman–Crippen LogP) is 4.83. The van der Waals surface area contributed by atoms with Gasteiger partial charge in [0.2, 0.25) is 0 Å². The molecule has 4 N–H and O–H groups in total. The second-order valence-electron chi connectivity index (χ2n) is 7.57. The van der Waals surface area contributed by atoms with Crippen LogP contribution in [0, 0.1) is 0 Å². The number of hydrogen-bond donors (Lipinski definition) is 3. The van der Waals surface area contributed by atoms with Crippen LogP contribution in [0.1, 0.15) is 31.4 Å². The van der Waals surface area contributed by atoms with Crippen LogP contribution in [0.25, 0.3) is 0 Å². The van der Waals surface area contributed by atoms with Crippen molar-refractivity contribution in [1.29, 1.82) is 0 Å². The maximum absolute atomic E-state index is 12.3. The fourth-order valence-corrected chi connectivity index (χ4v) is 3.56. The molecular weight excluding hydrogens is 536 g/mol. The van der Waals surface area contributed by atoms with Crippen molar-refractivity contribution < 1.29 is 22.6 Å². The Morgan fingerprint density at radius 1 is 1.12 bits per heavy atom. The molecule has 6 nitrogen and oxygen atoms in total. The summed E-state index contributed by atoms with van der Waals surface area (Å²) in [7, 11) is 0. The van der Waals surface area contributed by atoms with E-state index in [0.717, 1.165) is 12.8 Å². The summed E-state index contributed by atoms with van der Waals surface area (Å²) in [6.07, 6.45) is -3.13. The molecule has 1 aliphatic rings. The zero-order valence-corrected chi connectivity index (χ0v) is 20.0. The van der Waals surface area contributed by atoms with Gasteiger partial charge < -0.3 is 25.8 Å². The minimum atomic E-state index is -4.72. The van der Waals surface area contributed by atoms with Gasteiger partial charge >= 0.3 is 6.36 Å². The second kappa shape index (κ2) is 11.7. The standard InChI is InChI=1S/C22H27F3N4O2.HI/c1-16(17-5-3-2-4-6-17)29-21(11-13-30-14-12-21)15-27-20(26)28-18-7-9-19(10-8-18)31-22(23,24)25;/h2-10,16,29H,11-15H2,1H3,(H3,26,27,28);1H. The molecule has 10 heteroatoms. The van der Waals surface area contributed by atoms with Crippen LogP contribution < -0.4 is 21.1 Å². The topological polar surface area (TPSA) is 80.9 Å². The van der Waals surface area contributed by atoms with E-state index in [-0.39, 0.29) is 47.3 Å². The third-order valence-corrected chi connectivity index (χ3v) is 5.18. The minimum absolute atomic E-state index is 0. The highest BCUT2D eigenvalue weighted by atomic mass is 127. The fraction of sp³-hybridized carbons (Fsp3) is 0.409. The summed E-state index contributed by atoms with van der Waals surface area (Å²) in [4.78, 5) is 4.50. The first kappa shape index (κ1) is 26.2. The van der Waals surface area contributed by atoms with Gasteiger partial charge in [-0.25, -0.2) is 0 Å². The molecule has 0 aromatic heterocycles. The van der Waals surface area contributed by atoms with Crippen LogP contribution in [0.3, 0.4) is 0 Å². The van der Waals surface area contributed by atoms with Crippen LogP contribution in [0.4, 0.5) is 18.9 Å². The van der Waals surface area contributed by atoms with Crippen LogP contribution in [0.5, 0.6) is 5.75 Å². The Labute approximate surface area is 202 Å².